The Hall–Kier alpha value is -2.10. The van der Waals surface area contributed by atoms with Gasteiger partial charge in [-0.3, -0.25) is 4.68 Å². The number of aromatic amines is 1. The summed E-state index contributed by atoms with van der Waals surface area (Å²) in [5.41, 5.74) is 4.52. The van der Waals surface area contributed by atoms with Gasteiger partial charge in [0.25, 0.3) is 0 Å². The predicted octanol–water partition coefficient (Wildman–Crippen LogP) is 2.92. The first-order valence-electron chi connectivity index (χ1n) is 6.23. The van der Waals surface area contributed by atoms with Crippen LogP contribution in [0.1, 0.15) is 18.9 Å². The van der Waals surface area contributed by atoms with Crippen LogP contribution in [0.15, 0.2) is 30.9 Å². The first-order chi connectivity index (χ1) is 8.78. The molecule has 0 bridgehead atoms. The monoisotopic (exact) mass is 240 g/mol. The maximum absolute atomic E-state index is 4.47. The van der Waals surface area contributed by atoms with Crippen molar-refractivity contribution >= 4 is 11.0 Å². The molecular formula is C14H16N4. The number of hydrogen-bond acceptors (Lipinski definition) is 2. The fourth-order valence-electron chi connectivity index (χ4n) is 2.27. The minimum atomic E-state index is 0.939. The van der Waals surface area contributed by atoms with Crippen LogP contribution < -0.4 is 0 Å². The molecule has 0 radical (unpaired) electrons. The summed E-state index contributed by atoms with van der Waals surface area (Å²) >= 11 is 0. The highest BCUT2D eigenvalue weighted by Gasteiger charge is 2.09. The van der Waals surface area contributed by atoms with Crippen LogP contribution in [0, 0.1) is 0 Å². The summed E-state index contributed by atoms with van der Waals surface area (Å²) in [6.45, 7) is 2.18. The van der Waals surface area contributed by atoms with Gasteiger partial charge in [-0.1, -0.05) is 13.3 Å². The molecular weight excluding hydrogens is 224 g/mol. The van der Waals surface area contributed by atoms with Crippen LogP contribution in [0.4, 0.5) is 0 Å². The second-order valence-corrected chi connectivity index (χ2v) is 4.59. The molecule has 0 unspecified atom stereocenters. The van der Waals surface area contributed by atoms with Gasteiger partial charge in [-0.15, -0.1) is 0 Å². The Kier molecular flexibility index (Phi) is 2.63. The largest absolute Gasteiger partial charge is 0.346 e. The molecule has 4 nitrogen and oxygen atoms in total. The Morgan fingerprint density at radius 2 is 2.22 bits per heavy atom. The molecule has 0 aromatic carbocycles. The number of aryl methyl sites for hydroxylation is 2. The smallest absolute Gasteiger partial charge is 0.137 e. The van der Waals surface area contributed by atoms with Crippen molar-refractivity contribution in [1.29, 1.82) is 0 Å². The van der Waals surface area contributed by atoms with Gasteiger partial charge in [-0.2, -0.15) is 5.10 Å². The van der Waals surface area contributed by atoms with Crippen LogP contribution in [0.5, 0.6) is 0 Å². The third-order valence-electron chi connectivity index (χ3n) is 3.14. The van der Waals surface area contributed by atoms with Gasteiger partial charge in [0, 0.05) is 42.2 Å². The molecule has 1 N–H and O–H groups in total. The Bertz CT molecular complexity index is 678. The van der Waals surface area contributed by atoms with Crippen LogP contribution in [0.3, 0.4) is 0 Å². The number of aromatic nitrogens is 4. The van der Waals surface area contributed by atoms with Gasteiger partial charge >= 0.3 is 0 Å². The van der Waals surface area contributed by atoms with Gasteiger partial charge in [0.15, 0.2) is 0 Å². The lowest BCUT2D eigenvalue weighted by molar-refractivity contribution is 0.768. The van der Waals surface area contributed by atoms with E-state index < -0.39 is 0 Å². The number of pyridine rings is 1. The average molecular weight is 240 g/mol. The van der Waals surface area contributed by atoms with E-state index in [-0.39, 0.29) is 0 Å². The highest BCUT2D eigenvalue weighted by atomic mass is 15.2. The van der Waals surface area contributed by atoms with Gasteiger partial charge < -0.3 is 4.98 Å². The van der Waals surface area contributed by atoms with Gasteiger partial charge in [-0.25, -0.2) is 4.98 Å². The van der Waals surface area contributed by atoms with Crippen molar-refractivity contribution < 1.29 is 0 Å². The minimum absolute atomic E-state index is 0.939. The summed E-state index contributed by atoms with van der Waals surface area (Å²) in [5, 5.41) is 5.40. The zero-order valence-electron chi connectivity index (χ0n) is 10.6. The topological polar surface area (TPSA) is 46.5 Å². The zero-order chi connectivity index (χ0) is 12.5. The van der Waals surface area contributed by atoms with E-state index in [4.69, 9.17) is 0 Å². The summed E-state index contributed by atoms with van der Waals surface area (Å²) in [4.78, 5) is 7.69. The third kappa shape index (κ3) is 1.79. The number of nitrogens with zero attached hydrogens (tertiary/aromatic N) is 3. The lowest BCUT2D eigenvalue weighted by Crippen LogP contribution is -1.86. The van der Waals surface area contributed by atoms with Crippen LogP contribution in [0.25, 0.3) is 22.2 Å². The van der Waals surface area contributed by atoms with Crippen molar-refractivity contribution in [3.8, 4) is 11.1 Å². The summed E-state index contributed by atoms with van der Waals surface area (Å²) in [6, 6.07) is 2.23. The molecule has 3 heterocycles. The van der Waals surface area contributed by atoms with Crippen molar-refractivity contribution in [2.24, 2.45) is 7.05 Å². The molecule has 0 spiro atoms. The maximum Gasteiger partial charge on any atom is 0.137 e. The zero-order valence-corrected chi connectivity index (χ0v) is 10.6. The van der Waals surface area contributed by atoms with Crippen molar-refractivity contribution in [3.63, 3.8) is 0 Å². The number of H-pyrrole nitrogens is 1. The lowest BCUT2D eigenvalue weighted by atomic mass is 10.1. The van der Waals surface area contributed by atoms with E-state index in [2.05, 4.69) is 28.1 Å². The first-order valence-corrected chi connectivity index (χ1v) is 6.23. The number of hydrogen-bond donors (Lipinski definition) is 1. The number of rotatable bonds is 3. The molecule has 0 aliphatic carbocycles. The fraction of sp³-hybridized carbons (Fsp3) is 0.286. The summed E-state index contributed by atoms with van der Waals surface area (Å²) in [7, 11) is 1.93. The molecule has 18 heavy (non-hydrogen) atoms. The molecule has 4 heteroatoms. The molecule has 0 amide bonds. The van der Waals surface area contributed by atoms with E-state index in [0.29, 0.717) is 0 Å². The van der Waals surface area contributed by atoms with E-state index >= 15 is 0 Å². The fourth-order valence-corrected chi connectivity index (χ4v) is 2.27. The summed E-state index contributed by atoms with van der Waals surface area (Å²) in [6.07, 6.45) is 10.1. The van der Waals surface area contributed by atoms with E-state index in [1.807, 2.05) is 36.5 Å². The van der Waals surface area contributed by atoms with E-state index in [1.54, 1.807) is 0 Å². The van der Waals surface area contributed by atoms with Crippen molar-refractivity contribution in [2.45, 2.75) is 19.8 Å². The molecule has 0 aliphatic rings. The second-order valence-electron chi connectivity index (χ2n) is 4.59. The summed E-state index contributed by atoms with van der Waals surface area (Å²) < 4.78 is 1.82. The summed E-state index contributed by atoms with van der Waals surface area (Å²) in [5.74, 6) is 0. The van der Waals surface area contributed by atoms with Crippen LogP contribution in [-0.4, -0.2) is 19.7 Å². The molecule has 92 valence electrons. The highest BCUT2D eigenvalue weighted by molar-refractivity contribution is 5.93. The standard InChI is InChI=1S/C14H16N4/c1-3-4-10-5-12-13(8-16-14(12)15-6-10)11-7-17-18(2)9-11/h5-9H,3-4H2,1-2H3,(H,15,16). The van der Waals surface area contributed by atoms with Crippen LogP contribution in [0.2, 0.25) is 0 Å². The van der Waals surface area contributed by atoms with Crippen LogP contribution in [-0.2, 0) is 13.5 Å². The second kappa shape index (κ2) is 4.29. The van der Waals surface area contributed by atoms with Crippen LogP contribution >= 0.6 is 0 Å². The quantitative estimate of drug-likeness (QED) is 0.765. The SMILES string of the molecule is CCCc1cnc2[nH]cc(-c3cnn(C)c3)c2c1. The number of nitrogens with one attached hydrogen (secondary N) is 1. The van der Waals surface area contributed by atoms with Gasteiger partial charge in [0.05, 0.1) is 6.20 Å². The Balaban J connectivity index is 2.14. The third-order valence-corrected chi connectivity index (χ3v) is 3.14. The van der Waals surface area contributed by atoms with E-state index in [0.717, 1.165) is 24.1 Å². The Morgan fingerprint density at radius 3 is 2.94 bits per heavy atom. The molecule has 3 rings (SSSR count). The first kappa shape index (κ1) is 11.0. The lowest BCUT2D eigenvalue weighted by Gasteiger charge is -1.99. The number of fused-ring (bicyclic) bond motifs is 1. The van der Waals surface area contributed by atoms with Gasteiger partial charge in [-0.05, 0) is 18.1 Å². The molecule has 0 saturated carbocycles. The normalized spacial score (nSPS) is 11.2. The highest BCUT2D eigenvalue weighted by Crippen LogP contribution is 2.27. The molecule has 3 aromatic rings. The molecule has 0 atom stereocenters. The molecule has 0 saturated heterocycles. The van der Waals surface area contributed by atoms with E-state index in [1.165, 1.54) is 16.5 Å². The predicted molar refractivity (Wildman–Crippen MR) is 72.3 cm³/mol. The molecule has 0 fully saturated rings. The Morgan fingerprint density at radius 1 is 1.33 bits per heavy atom. The minimum Gasteiger partial charge on any atom is -0.346 e. The maximum atomic E-state index is 4.47. The van der Waals surface area contributed by atoms with Gasteiger partial charge in [0.2, 0.25) is 0 Å². The van der Waals surface area contributed by atoms with Crippen molar-refractivity contribution in [3.05, 3.63) is 36.4 Å². The molecule has 0 aliphatic heterocycles. The Labute approximate surface area is 106 Å². The average Bonchev–Trinajstić information content (AvgIpc) is 2.95. The van der Waals surface area contributed by atoms with Crippen molar-refractivity contribution in [1.82, 2.24) is 19.7 Å². The van der Waals surface area contributed by atoms with Crippen molar-refractivity contribution in [2.75, 3.05) is 0 Å². The van der Waals surface area contributed by atoms with E-state index in [9.17, 15) is 0 Å². The molecule has 3 aromatic heterocycles. The van der Waals surface area contributed by atoms with Gasteiger partial charge in [0.1, 0.15) is 5.65 Å².